The summed E-state index contributed by atoms with van der Waals surface area (Å²) in [7, 11) is 0. The van der Waals surface area contributed by atoms with Crippen LogP contribution in [0.25, 0.3) is 0 Å². The highest BCUT2D eigenvalue weighted by Crippen LogP contribution is 2.39. The normalized spacial score (nSPS) is 26.6. The molecule has 0 aliphatic carbocycles. The molecule has 2 aliphatic rings. The Balaban J connectivity index is 1.42. The van der Waals surface area contributed by atoms with Crippen LogP contribution in [0.3, 0.4) is 0 Å². The number of benzene rings is 2. The molecular formula is C22H23NO7. The standard InChI is InChI=1S/C22H23NO7/c1-22(2)29-18-17(28-21(25)23-15-11-7-4-8-12-15)16(27-20(18)30-22)13-26-19(24)14-9-5-3-6-10-14/h3-12,16-18,20H,13H2,1-2H3,(H,23,25). The van der Waals surface area contributed by atoms with Crippen molar-refractivity contribution < 1.29 is 33.3 Å². The second-order valence-corrected chi connectivity index (χ2v) is 7.47. The molecule has 2 aromatic rings. The van der Waals surface area contributed by atoms with Gasteiger partial charge in [-0.05, 0) is 38.1 Å². The van der Waals surface area contributed by atoms with Gasteiger partial charge in [0.1, 0.15) is 12.7 Å². The number of anilines is 1. The molecule has 4 unspecified atom stereocenters. The van der Waals surface area contributed by atoms with Crippen LogP contribution in [0.4, 0.5) is 10.5 Å². The molecule has 4 atom stereocenters. The van der Waals surface area contributed by atoms with Crippen molar-refractivity contribution in [1.29, 1.82) is 0 Å². The van der Waals surface area contributed by atoms with Crippen molar-refractivity contribution in [3.05, 3.63) is 66.2 Å². The zero-order valence-corrected chi connectivity index (χ0v) is 16.6. The largest absolute Gasteiger partial charge is 0.459 e. The van der Waals surface area contributed by atoms with Gasteiger partial charge >= 0.3 is 12.1 Å². The third-order valence-electron chi connectivity index (χ3n) is 4.74. The van der Waals surface area contributed by atoms with Crippen molar-refractivity contribution >= 4 is 17.7 Å². The van der Waals surface area contributed by atoms with E-state index >= 15 is 0 Å². The molecule has 4 rings (SSSR count). The van der Waals surface area contributed by atoms with Gasteiger partial charge in [-0.3, -0.25) is 5.32 Å². The summed E-state index contributed by atoms with van der Waals surface area (Å²) in [5.41, 5.74) is 1.01. The van der Waals surface area contributed by atoms with Crippen LogP contribution in [0.1, 0.15) is 24.2 Å². The average Bonchev–Trinajstić information content (AvgIpc) is 3.19. The highest BCUT2D eigenvalue weighted by atomic mass is 16.8. The van der Waals surface area contributed by atoms with E-state index in [0.717, 1.165) is 0 Å². The number of hydrogen-bond donors (Lipinski definition) is 1. The SMILES string of the molecule is CC1(C)OC2OC(COC(=O)c3ccccc3)C(OC(=O)Nc3ccccc3)C2O1. The van der Waals surface area contributed by atoms with E-state index in [1.807, 2.05) is 12.1 Å². The molecule has 2 aromatic carbocycles. The summed E-state index contributed by atoms with van der Waals surface area (Å²) in [6.45, 7) is 3.39. The Hall–Kier alpha value is -2.94. The van der Waals surface area contributed by atoms with Crippen LogP contribution in [0.2, 0.25) is 0 Å². The Morgan fingerprint density at radius 1 is 1.00 bits per heavy atom. The Morgan fingerprint density at radius 3 is 2.37 bits per heavy atom. The minimum Gasteiger partial charge on any atom is -0.459 e. The minimum absolute atomic E-state index is 0.114. The molecule has 2 heterocycles. The molecule has 158 valence electrons. The van der Waals surface area contributed by atoms with Crippen molar-refractivity contribution in [1.82, 2.24) is 0 Å². The monoisotopic (exact) mass is 413 g/mol. The molecule has 0 radical (unpaired) electrons. The highest BCUT2D eigenvalue weighted by Gasteiger charge is 2.57. The van der Waals surface area contributed by atoms with E-state index in [9.17, 15) is 9.59 Å². The van der Waals surface area contributed by atoms with Gasteiger partial charge in [-0.25, -0.2) is 9.59 Å². The van der Waals surface area contributed by atoms with Crippen LogP contribution in [-0.2, 0) is 23.7 Å². The van der Waals surface area contributed by atoms with Gasteiger partial charge in [0, 0.05) is 5.69 Å². The third kappa shape index (κ3) is 4.62. The van der Waals surface area contributed by atoms with E-state index in [1.165, 1.54) is 0 Å². The minimum atomic E-state index is -0.876. The fourth-order valence-corrected chi connectivity index (χ4v) is 3.43. The Labute approximate surface area is 174 Å². The van der Waals surface area contributed by atoms with Gasteiger partial charge in [-0.15, -0.1) is 0 Å². The molecule has 0 bridgehead atoms. The number of ether oxygens (including phenoxy) is 5. The fraction of sp³-hybridized carbons (Fsp3) is 0.364. The van der Waals surface area contributed by atoms with Crippen molar-refractivity contribution in [2.75, 3.05) is 11.9 Å². The smallest absolute Gasteiger partial charge is 0.412 e. The summed E-state index contributed by atoms with van der Waals surface area (Å²) in [6.07, 6.45) is -3.57. The number of para-hydroxylation sites is 1. The van der Waals surface area contributed by atoms with Gasteiger partial charge in [0.15, 0.2) is 24.3 Å². The summed E-state index contributed by atoms with van der Waals surface area (Å²) in [6, 6.07) is 17.5. The molecule has 1 amide bonds. The quantitative estimate of drug-likeness (QED) is 0.752. The lowest BCUT2D eigenvalue weighted by atomic mass is 10.1. The second kappa shape index (κ2) is 8.43. The molecule has 8 nitrogen and oxygen atoms in total. The van der Waals surface area contributed by atoms with Crippen molar-refractivity contribution in [2.45, 2.75) is 44.2 Å². The highest BCUT2D eigenvalue weighted by molar-refractivity contribution is 5.89. The maximum Gasteiger partial charge on any atom is 0.412 e. The van der Waals surface area contributed by atoms with Gasteiger partial charge in [0.2, 0.25) is 0 Å². The Morgan fingerprint density at radius 2 is 1.67 bits per heavy atom. The van der Waals surface area contributed by atoms with Crippen LogP contribution in [0.5, 0.6) is 0 Å². The lowest BCUT2D eigenvalue weighted by molar-refractivity contribution is -0.218. The number of esters is 1. The number of rotatable bonds is 5. The first-order chi connectivity index (χ1) is 14.4. The van der Waals surface area contributed by atoms with Gasteiger partial charge in [0.25, 0.3) is 0 Å². The van der Waals surface area contributed by atoms with E-state index in [-0.39, 0.29) is 6.61 Å². The summed E-state index contributed by atoms with van der Waals surface area (Å²) in [4.78, 5) is 24.7. The third-order valence-corrected chi connectivity index (χ3v) is 4.74. The van der Waals surface area contributed by atoms with Crippen LogP contribution in [0, 0.1) is 0 Å². The van der Waals surface area contributed by atoms with Crippen LogP contribution < -0.4 is 5.32 Å². The first-order valence-electron chi connectivity index (χ1n) is 9.67. The molecule has 0 spiro atoms. The number of fused-ring (bicyclic) bond motifs is 1. The Kier molecular flexibility index (Phi) is 5.72. The summed E-state index contributed by atoms with van der Waals surface area (Å²) in [5.74, 6) is -1.37. The average molecular weight is 413 g/mol. The molecule has 30 heavy (non-hydrogen) atoms. The molecule has 2 aliphatic heterocycles. The van der Waals surface area contributed by atoms with Crippen LogP contribution in [0.15, 0.2) is 60.7 Å². The molecular weight excluding hydrogens is 390 g/mol. The predicted molar refractivity (Wildman–Crippen MR) is 106 cm³/mol. The number of carbonyl (C=O) groups excluding carboxylic acids is 2. The van der Waals surface area contributed by atoms with E-state index < -0.39 is 42.5 Å². The number of amides is 1. The van der Waals surface area contributed by atoms with Crippen LogP contribution in [-0.4, -0.2) is 49.1 Å². The van der Waals surface area contributed by atoms with E-state index in [0.29, 0.717) is 11.3 Å². The van der Waals surface area contributed by atoms with Crippen molar-refractivity contribution in [2.24, 2.45) is 0 Å². The molecule has 0 aromatic heterocycles. The van der Waals surface area contributed by atoms with Gasteiger partial charge in [0.05, 0.1) is 5.56 Å². The lowest BCUT2D eigenvalue weighted by Crippen LogP contribution is -2.41. The molecule has 1 N–H and O–H groups in total. The Bertz CT molecular complexity index is 887. The van der Waals surface area contributed by atoms with E-state index in [1.54, 1.807) is 62.4 Å². The van der Waals surface area contributed by atoms with E-state index in [4.69, 9.17) is 23.7 Å². The molecule has 0 saturated carbocycles. The number of hydrogen-bond acceptors (Lipinski definition) is 7. The molecule has 2 fully saturated rings. The van der Waals surface area contributed by atoms with Gasteiger partial charge in [-0.2, -0.15) is 0 Å². The van der Waals surface area contributed by atoms with Gasteiger partial charge in [-0.1, -0.05) is 36.4 Å². The zero-order valence-electron chi connectivity index (χ0n) is 16.6. The first kappa shape index (κ1) is 20.3. The number of carbonyl (C=O) groups is 2. The molecule has 8 heteroatoms. The van der Waals surface area contributed by atoms with Crippen molar-refractivity contribution in [3.8, 4) is 0 Å². The topological polar surface area (TPSA) is 92.3 Å². The summed E-state index contributed by atoms with van der Waals surface area (Å²) >= 11 is 0. The second-order valence-electron chi connectivity index (χ2n) is 7.47. The zero-order chi connectivity index (χ0) is 21.1. The lowest BCUT2D eigenvalue weighted by Gasteiger charge is -2.25. The van der Waals surface area contributed by atoms with Crippen LogP contribution >= 0.6 is 0 Å². The van der Waals surface area contributed by atoms with Gasteiger partial charge < -0.3 is 23.7 Å². The maximum atomic E-state index is 12.4. The maximum absolute atomic E-state index is 12.4. The van der Waals surface area contributed by atoms with Crippen molar-refractivity contribution in [3.63, 3.8) is 0 Å². The predicted octanol–water partition coefficient (Wildman–Crippen LogP) is 3.34. The molecule has 2 saturated heterocycles. The van der Waals surface area contributed by atoms with E-state index in [2.05, 4.69) is 5.32 Å². The summed E-state index contributed by atoms with van der Waals surface area (Å²) in [5, 5.41) is 2.66. The number of nitrogens with one attached hydrogen (secondary N) is 1. The fourth-order valence-electron chi connectivity index (χ4n) is 3.43. The first-order valence-corrected chi connectivity index (χ1v) is 9.67. The summed E-state index contributed by atoms with van der Waals surface area (Å²) < 4.78 is 28.4.